The Bertz CT molecular complexity index is 1060. The van der Waals surface area contributed by atoms with Crippen molar-refractivity contribution in [3.05, 3.63) is 51.6 Å². The van der Waals surface area contributed by atoms with Crippen LogP contribution in [0.2, 0.25) is 5.28 Å². The number of hydrogen-bond donors (Lipinski definition) is 0. The minimum absolute atomic E-state index is 0.220. The lowest BCUT2D eigenvalue weighted by Crippen LogP contribution is -2.35. The maximum atomic E-state index is 12.6. The summed E-state index contributed by atoms with van der Waals surface area (Å²) in [6, 6.07) is 10.7. The van der Waals surface area contributed by atoms with Crippen molar-refractivity contribution in [2.45, 2.75) is 40.0 Å². The molecule has 1 fully saturated rings. The summed E-state index contributed by atoms with van der Waals surface area (Å²) < 4.78 is 5.46. The first-order chi connectivity index (χ1) is 14.9. The van der Waals surface area contributed by atoms with Crippen LogP contribution < -0.4 is 4.90 Å². The molecular weight excluding hydrogens is 430 g/mol. The Balaban J connectivity index is 1.54. The van der Waals surface area contributed by atoms with Crippen LogP contribution in [0.15, 0.2) is 30.3 Å². The minimum Gasteiger partial charge on any atom is -0.461 e. The van der Waals surface area contributed by atoms with Crippen molar-refractivity contribution in [1.29, 1.82) is 0 Å². The Labute approximate surface area is 192 Å². The van der Waals surface area contributed by atoms with Crippen molar-refractivity contribution < 1.29 is 9.53 Å². The number of benzene rings is 1. The van der Waals surface area contributed by atoms with Gasteiger partial charge in [0, 0.05) is 13.1 Å². The lowest BCUT2D eigenvalue weighted by Gasteiger charge is -2.33. The van der Waals surface area contributed by atoms with Crippen LogP contribution in [0.5, 0.6) is 0 Å². The zero-order chi connectivity index (χ0) is 22.0. The highest BCUT2D eigenvalue weighted by Gasteiger charge is 2.27. The Morgan fingerprint density at radius 3 is 2.61 bits per heavy atom. The standard InChI is InChI=1S/C24H28ClN3O2S/c1-15(2)14-30-23(29)20-16(3)19-21(26-24(25)27-22(19)31-20)28-11-9-18(10-12-28)13-17-7-5-4-6-8-17/h4-8,15,18H,9-14H2,1-3H3. The van der Waals surface area contributed by atoms with E-state index in [1.807, 2.05) is 20.8 Å². The topological polar surface area (TPSA) is 55.3 Å². The highest BCUT2D eigenvalue weighted by Crippen LogP contribution is 2.38. The summed E-state index contributed by atoms with van der Waals surface area (Å²) in [6.45, 7) is 8.24. The lowest BCUT2D eigenvalue weighted by molar-refractivity contribution is 0.0464. The lowest BCUT2D eigenvalue weighted by atomic mass is 9.90. The van der Waals surface area contributed by atoms with Gasteiger partial charge in [0.1, 0.15) is 15.5 Å². The molecule has 1 aliphatic heterocycles. The minimum atomic E-state index is -0.294. The third-order valence-corrected chi connectivity index (χ3v) is 7.09. The van der Waals surface area contributed by atoms with Gasteiger partial charge in [-0.2, -0.15) is 4.98 Å². The van der Waals surface area contributed by atoms with Gasteiger partial charge in [0.25, 0.3) is 0 Å². The molecule has 0 radical (unpaired) electrons. The van der Waals surface area contributed by atoms with Crippen molar-refractivity contribution in [3.8, 4) is 0 Å². The fourth-order valence-electron chi connectivity index (χ4n) is 4.12. The van der Waals surface area contributed by atoms with Crippen LogP contribution in [0.25, 0.3) is 10.2 Å². The van der Waals surface area contributed by atoms with E-state index >= 15 is 0 Å². The van der Waals surface area contributed by atoms with E-state index in [4.69, 9.17) is 16.3 Å². The van der Waals surface area contributed by atoms with Crippen LogP contribution in [0.4, 0.5) is 5.82 Å². The van der Waals surface area contributed by atoms with Gasteiger partial charge in [0.05, 0.1) is 12.0 Å². The summed E-state index contributed by atoms with van der Waals surface area (Å²) in [7, 11) is 0. The SMILES string of the molecule is Cc1c(C(=O)OCC(C)C)sc2nc(Cl)nc(N3CCC(Cc4ccccc4)CC3)c12. The van der Waals surface area contributed by atoms with Crippen molar-refractivity contribution >= 4 is 44.9 Å². The summed E-state index contributed by atoms with van der Waals surface area (Å²) in [4.78, 5) is 25.2. The van der Waals surface area contributed by atoms with E-state index in [-0.39, 0.29) is 11.3 Å². The highest BCUT2D eigenvalue weighted by molar-refractivity contribution is 7.20. The molecule has 0 saturated carbocycles. The van der Waals surface area contributed by atoms with Gasteiger partial charge in [-0.3, -0.25) is 0 Å². The van der Waals surface area contributed by atoms with Crippen molar-refractivity contribution in [2.75, 3.05) is 24.6 Å². The van der Waals surface area contributed by atoms with Crippen LogP contribution in [-0.2, 0) is 11.2 Å². The number of hydrogen-bond acceptors (Lipinski definition) is 6. The summed E-state index contributed by atoms with van der Waals surface area (Å²) in [6.07, 6.45) is 3.31. The number of anilines is 1. The fourth-order valence-corrected chi connectivity index (χ4v) is 5.40. The van der Waals surface area contributed by atoms with Crippen molar-refractivity contribution in [1.82, 2.24) is 9.97 Å². The Kier molecular flexibility index (Phi) is 6.77. The number of nitrogens with zero attached hydrogens (tertiary/aromatic N) is 3. The van der Waals surface area contributed by atoms with Crippen molar-refractivity contribution in [2.24, 2.45) is 11.8 Å². The van der Waals surface area contributed by atoms with E-state index in [9.17, 15) is 4.79 Å². The number of carbonyl (C=O) groups excluding carboxylic acids is 1. The van der Waals surface area contributed by atoms with Crippen LogP contribution >= 0.6 is 22.9 Å². The first-order valence-electron chi connectivity index (χ1n) is 10.8. The molecule has 3 heterocycles. The maximum absolute atomic E-state index is 12.6. The molecule has 4 rings (SSSR count). The Morgan fingerprint density at radius 1 is 1.23 bits per heavy atom. The average Bonchev–Trinajstić information content (AvgIpc) is 3.09. The molecule has 0 atom stereocenters. The number of esters is 1. The molecule has 2 aromatic heterocycles. The number of fused-ring (bicyclic) bond motifs is 1. The van der Waals surface area contributed by atoms with Crippen LogP contribution in [0.1, 0.15) is 47.5 Å². The number of aromatic nitrogens is 2. The van der Waals surface area contributed by atoms with E-state index in [0.29, 0.717) is 23.3 Å². The molecule has 0 amide bonds. The molecule has 164 valence electrons. The fraction of sp³-hybridized carbons (Fsp3) is 0.458. The second kappa shape index (κ2) is 9.53. The predicted octanol–water partition coefficient (Wildman–Crippen LogP) is 5.93. The molecule has 0 bridgehead atoms. The monoisotopic (exact) mass is 457 g/mol. The molecule has 0 N–H and O–H groups in total. The van der Waals surface area contributed by atoms with E-state index in [1.54, 1.807) is 0 Å². The molecule has 31 heavy (non-hydrogen) atoms. The van der Waals surface area contributed by atoms with Crippen LogP contribution in [0, 0.1) is 18.8 Å². The second-order valence-electron chi connectivity index (χ2n) is 8.67. The van der Waals surface area contributed by atoms with Gasteiger partial charge in [0.2, 0.25) is 5.28 Å². The number of halogens is 1. The third kappa shape index (κ3) is 5.01. The quantitative estimate of drug-likeness (QED) is 0.339. The number of ether oxygens (including phenoxy) is 1. The van der Waals surface area contributed by atoms with Gasteiger partial charge >= 0.3 is 5.97 Å². The molecular formula is C24H28ClN3O2S. The number of carbonyl (C=O) groups is 1. The zero-order valence-corrected chi connectivity index (χ0v) is 19.8. The van der Waals surface area contributed by atoms with Crippen molar-refractivity contribution in [3.63, 3.8) is 0 Å². The average molecular weight is 458 g/mol. The molecule has 0 unspecified atom stereocenters. The normalized spacial score (nSPS) is 15.1. The predicted molar refractivity (Wildman–Crippen MR) is 127 cm³/mol. The number of rotatable bonds is 6. The first-order valence-corrected chi connectivity index (χ1v) is 12.0. The third-order valence-electron chi connectivity index (χ3n) is 5.76. The number of aryl methyl sites for hydroxylation is 1. The Hall–Kier alpha value is -2.18. The molecule has 1 aromatic carbocycles. The van der Waals surface area contributed by atoms with Gasteiger partial charge in [-0.1, -0.05) is 44.2 Å². The molecule has 3 aromatic rings. The van der Waals surface area contributed by atoms with E-state index < -0.39 is 0 Å². The first kappa shape index (κ1) is 22.0. The van der Waals surface area contributed by atoms with Gasteiger partial charge in [-0.05, 0) is 60.7 Å². The largest absolute Gasteiger partial charge is 0.461 e. The van der Waals surface area contributed by atoms with Gasteiger partial charge in [0.15, 0.2) is 0 Å². The van der Waals surface area contributed by atoms with Crippen LogP contribution in [-0.4, -0.2) is 35.6 Å². The van der Waals surface area contributed by atoms with Gasteiger partial charge in [-0.15, -0.1) is 11.3 Å². The molecule has 0 aliphatic carbocycles. The van der Waals surface area contributed by atoms with Gasteiger partial charge in [-0.25, -0.2) is 9.78 Å². The Morgan fingerprint density at radius 2 is 1.94 bits per heavy atom. The number of piperidine rings is 1. The van der Waals surface area contributed by atoms with E-state index in [0.717, 1.165) is 53.9 Å². The molecule has 1 aliphatic rings. The number of thiophene rings is 1. The maximum Gasteiger partial charge on any atom is 0.348 e. The summed E-state index contributed by atoms with van der Waals surface area (Å²) in [5, 5.41) is 1.14. The summed E-state index contributed by atoms with van der Waals surface area (Å²) in [5.41, 5.74) is 2.28. The van der Waals surface area contributed by atoms with E-state index in [1.165, 1.54) is 16.9 Å². The second-order valence-corrected chi connectivity index (χ2v) is 10.0. The summed E-state index contributed by atoms with van der Waals surface area (Å²) >= 11 is 7.61. The molecule has 5 nitrogen and oxygen atoms in total. The molecule has 0 spiro atoms. The highest BCUT2D eigenvalue weighted by atomic mass is 35.5. The smallest absolute Gasteiger partial charge is 0.348 e. The van der Waals surface area contributed by atoms with E-state index in [2.05, 4.69) is 45.2 Å². The van der Waals surface area contributed by atoms with Crippen LogP contribution in [0.3, 0.4) is 0 Å². The van der Waals surface area contributed by atoms with Gasteiger partial charge < -0.3 is 9.64 Å². The summed E-state index contributed by atoms with van der Waals surface area (Å²) in [5.74, 6) is 1.50. The molecule has 1 saturated heterocycles. The zero-order valence-electron chi connectivity index (χ0n) is 18.2. The molecule has 7 heteroatoms.